The number of H-pyrrole nitrogens is 1. The van der Waals surface area contributed by atoms with E-state index in [1.54, 1.807) is 25.2 Å². The number of nitrogens with zero attached hydrogens (tertiary/aromatic N) is 3. The van der Waals surface area contributed by atoms with Gasteiger partial charge in [0.25, 0.3) is 5.91 Å². The Hall–Kier alpha value is -2.05. The van der Waals surface area contributed by atoms with Gasteiger partial charge in [0.1, 0.15) is 12.2 Å². The third-order valence-electron chi connectivity index (χ3n) is 3.46. The van der Waals surface area contributed by atoms with Crippen molar-refractivity contribution in [2.24, 2.45) is 0 Å². The molecule has 0 bridgehead atoms. The van der Waals surface area contributed by atoms with Crippen LogP contribution in [0, 0.1) is 0 Å². The van der Waals surface area contributed by atoms with E-state index in [2.05, 4.69) is 15.1 Å². The van der Waals surface area contributed by atoms with Crippen LogP contribution in [0.15, 0.2) is 22.7 Å². The van der Waals surface area contributed by atoms with E-state index in [4.69, 9.17) is 27.7 Å². The van der Waals surface area contributed by atoms with Gasteiger partial charge in [0.15, 0.2) is 5.82 Å². The highest BCUT2D eigenvalue weighted by molar-refractivity contribution is 6.39. The smallest absolute Gasteiger partial charge is 0.272 e. The second-order valence-electron chi connectivity index (χ2n) is 5.12. The summed E-state index contributed by atoms with van der Waals surface area (Å²) >= 11 is 12.3. The molecule has 0 spiro atoms. The van der Waals surface area contributed by atoms with E-state index in [0.717, 1.165) is 5.52 Å². The van der Waals surface area contributed by atoms with Crippen LogP contribution in [0.4, 0.5) is 0 Å². The number of benzene rings is 1. The molecule has 1 amide bonds. The van der Waals surface area contributed by atoms with E-state index in [1.807, 2.05) is 6.92 Å². The minimum absolute atomic E-state index is 0.207. The van der Waals surface area contributed by atoms with E-state index in [1.165, 1.54) is 4.90 Å². The minimum Gasteiger partial charge on any atom is -0.349 e. The number of aromatic amines is 1. The maximum absolute atomic E-state index is 12.6. The SMILES string of the molecule is CCc1noc(CN(C)C(=O)c2[nH]c3ccc(Cl)cc3c2Cl)n1. The van der Waals surface area contributed by atoms with Gasteiger partial charge < -0.3 is 14.4 Å². The molecule has 1 aromatic carbocycles. The molecule has 0 aliphatic carbocycles. The molecule has 2 heterocycles. The largest absolute Gasteiger partial charge is 0.349 e. The van der Waals surface area contributed by atoms with Gasteiger partial charge in [-0.2, -0.15) is 4.98 Å². The van der Waals surface area contributed by atoms with E-state index in [9.17, 15) is 4.79 Å². The van der Waals surface area contributed by atoms with Crippen molar-refractivity contribution in [3.8, 4) is 0 Å². The van der Waals surface area contributed by atoms with Crippen molar-refractivity contribution in [2.75, 3.05) is 7.05 Å². The first-order valence-electron chi connectivity index (χ1n) is 7.03. The predicted octanol–water partition coefficient (Wildman–Crippen LogP) is 3.69. The highest BCUT2D eigenvalue weighted by Gasteiger charge is 2.21. The first kappa shape index (κ1) is 15.8. The first-order chi connectivity index (χ1) is 11.0. The molecule has 0 atom stereocenters. The number of nitrogens with one attached hydrogen (secondary N) is 1. The van der Waals surface area contributed by atoms with Crippen LogP contribution in [-0.2, 0) is 13.0 Å². The van der Waals surface area contributed by atoms with Gasteiger partial charge in [0.05, 0.1) is 5.02 Å². The van der Waals surface area contributed by atoms with Crippen LogP contribution in [0.5, 0.6) is 0 Å². The average Bonchev–Trinajstić information content (AvgIpc) is 3.11. The number of halogens is 2. The summed E-state index contributed by atoms with van der Waals surface area (Å²) in [5.41, 5.74) is 1.06. The highest BCUT2D eigenvalue weighted by Crippen LogP contribution is 2.30. The van der Waals surface area contributed by atoms with Crippen LogP contribution < -0.4 is 0 Å². The Morgan fingerprint density at radius 2 is 2.17 bits per heavy atom. The Kier molecular flexibility index (Phi) is 4.28. The quantitative estimate of drug-likeness (QED) is 0.776. The van der Waals surface area contributed by atoms with E-state index in [0.29, 0.717) is 39.3 Å². The fourth-order valence-corrected chi connectivity index (χ4v) is 2.70. The molecule has 0 unspecified atom stereocenters. The van der Waals surface area contributed by atoms with Gasteiger partial charge in [-0.1, -0.05) is 35.3 Å². The van der Waals surface area contributed by atoms with Crippen molar-refractivity contribution >= 4 is 40.0 Å². The van der Waals surface area contributed by atoms with Gasteiger partial charge in [-0.05, 0) is 18.2 Å². The van der Waals surface area contributed by atoms with Crippen molar-refractivity contribution in [3.05, 3.63) is 45.7 Å². The summed E-state index contributed by atoms with van der Waals surface area (Å²) in [6.45, 7) is 2.14. The van der Waals surface area contributed by atoms with E-state index >= 15 is 0 Å². The molecular weight excluding hydrogens is 339 g/mol. The fraction of sp³-hybridized carbons (Fsp3) is 0.267. The van der Waals surface area contributed by atoms with Crippen molar-refractivity contribution in [2.45, 2.75) is 19.9 Å². The molecule has 0 saturated carbocycles. The summed E-state index contributed by atoms with van der Waals surface area (Å²) in [4.78, 5) is 21.3. The predicted molar refractivity (Wildman–Crippen MR) is 87.8 cm³/mol. The maximum atomic E-state index is 12.6. The van der Waals surface area contributed by atoms with Crippen LogP contribution in [0.1, 0.15) is 29.1 Å². The number of hydrogen-bond acceptors (Lipinski definition) is 4. The third kappa shape index (κ3) is 3.04. The maximum Gasteiger partial charge on any atom is 0.272 e. The molecule has 3 aromatic rings. The second-order valence-corrected chi connectivity index (χ2v) is 5.94. The number of carbonyl (C=O) groups excluding carboxylic acids is 1. The first-order valence-corrected chi connectivity index (χ1v) is 7.78. The van der Waals surface area contributed by atoms with Gasteiger partial charge >= 0.3 is 0 Å². The summed E-state index contributed by atoms with van der Waals surface area (Å²) in [6, 6.07) is 5.24. The van der Waals surface area contributed by atoms with Crippen LogP contribution in [-0.4, -0.2) is 33.0 Å². The molecule has 0 radical (unpaired) electrons. The van der Waals surface area contributed by atoms with Crippen LogP contribution >= 0.6 is 23.2 Å². The highest BCUT2D eigenvalue weighted by atomic mass is 35.5. The average molecular weight is 353 g/mol. The number of carbonyl (C=O) groups is 1. The van der Waals surface area contributed by atoms with Crippen LogP contribution in [0.3, 0.4) is 0 Å². The molecule has 0 aliphatic rings. The zero-order valence-electron chi connectivity index (χ0n) is 12.6. The van der Waals surface area contributed by atoms with Gasteiger partial charge in [0.2, 0.25) is 5.89 Å². The number of fused-ring (bicyclic) bond motifs is 1. The molecule has 23 heavy (non-hydrogen) atoms. The number of hydrogen-bond donors (Lipinski definition) is 1. The van der Waals surface area contributed by atoms with Gasteiger partial charge in [-0.25, -0.2) is 0 Å². The van der Waals surface area contributed by atoms with Crippen LogP contribution in [0.25, 0.3) is 10.9 Å². The van der Waals surface area contributed by atoms with Gasteiger partial charge in [0, 0.05) is 29.4 Å². The molecule has 0 aliphatic heterocycles. The molecule has 6 nitrogen and oxygen atoms in total. The minimum atomic E-state index is -0.265. The Balaban J connectivity index is 1.85. The van der Waals surface area contributed by atoms with E-state index in [-0.39, 0.29) is 12.5 Å². The molecule has 0 fully saturated rings. The van der Waals surface area contributed by atoms with Crippen molar-refractivity contribution in [3.63, 3.8) is 0 Å². The van der Waals surface area contributed by atoms with Crippen LogP contribution in [0.2, 0.25) is 10.0 Å². The molecule has 8 heteroatoms. The normalized spacial score (nSPS) is 11.1. The fourth-order valence-electron chi connectivity index (χ4n) is 2.24. The number of amides is 1. The summed E-state index contributed by atoms with van der Waals surface area (Å²) in [5.74, 6) is 0.727. The lowest BCUT2D eigenvalue weighted by Gasteiger charge is -2.13. The second kappa shape index (κ2) is 6.22. The van der Waals surface area contributed by atoms with Gasteiger partial charge in [-0.3, -0.25) is 4.79 Å². The number of aromatic nitrogens is 3. The lowest BCUT2D eigenvalue weighted by molar-refractivity contribution is 0.0765. The van der Waals surface area contributed by atoms with Crippen molar-refractivity contribution in [1.82, 2.24) is 20.0 Å². The Labute approximate surface area is 142 Å². The monoisotopic (exact) mass is 352 g/mol. The Morgan fingerprint density at radius 3 is 2.87 bits per heavy atom. The molecule has 3 rings (SSSR count). The molecular formula is C15H14Cl2N4O2. The summed E-state index contributed by atoms with van der Waals surface area (Å²) in [6.07, 6.45) is 0.676. The summed E-state index contributed by atoms with van der Waals surface area (Å²) in [7, 11) is 1.65. The number of rotatable bonds is 4. The van der Waals surface area contributed by atoms with E-state index < -0.39 is 0 Å². The lowest BCUT2D eigenvalue weighted by atomic mass is 10.2. The molecule has 2 aromatic heterocycles. The topological polar surface area (TPSA) is 75.0 Å². The summed E-state index contributed by atoms with van der Waals surface area (Å²) < 4.78 is 5.10. The molecule has 0 saturated heterocycles. The molecule has 1 N–H and O–H groups in total. The van der Waals surface area contributed by atoms with Crippen molar-refractivity contribution in [1.29, 1.82) is 0 Å². The third-order valence-corrected chi connectivity index (χ3v) is 4.08. The number of aryl methyl sites for hydroxylation is 1. The Bertz CT molecular complexity index is 872. The van der Waals surface area contributed by atoms with Gasteiger partial charge in [-0.15, -0.1) is 0 Å². The Morgan fingerprint density at radius 1 is 1.39 bits per heavy atom. The lowest BCUT2D eigenvalue weighted by Crippen LogP contribution is -2.26. The zero-order chi connectivity index (χ0) is 16.6. The summed E-state index contributed by atoms with van der Waals surface area (Å²) in [5, 5.41) is 5.42. The molecule has 120 valence electrons. The zero-order valence-corrected chi connectivity index (χ0v) is 14.1. The standard InChI is InChI=1S/C15H14Cl2N4O2/c1-3-11-19-12(23-20-11)7-21(2)15(22)14-13(17)9-6-8(16)4-5-10(9)18-14/h4-6,18H,3,7H2,1-2H3. The van der Waals surface area contributed by atoms with Crippen molar-refractivity contribution < 1.29 is 9.32 Å².